The molecule has 0 aromatic rings. The molecule has 0 amide bonds. The quantitative estimate of drug-likeness (QED) is 0.565. The molecular weight excluding hydrogens is 228 g/mol. The fourth-order valence-electron chi connectivity index (χ4n) is 1.60. The lowest BCUT2D eigenvalue weighted by atomic mass is 9.89. The Kier molecular flexibility index (Phi) is 4.14. The summed E-state index contributed by atoms with van der Waals surface area (Å²) in [4.78, 5) is 11.5. The predicted molar refractivity (Wildman–Crippen MR) is 57.9 cm³/mol. The lowest BCUT2D eigenvalue weighted by Crippen LogP contribution is -2.63. The zero-order chi connectivity index (χ0) is 13.4. The third-order valence-corrected chi connectivity index (χ3v) is 2.80. The molecule has 0 unspecified atom stereocenters. The Balaban J connectivity index is 2.83. The molecule has 0 aromatic heterocycles. The summed E-state index contributed by atoms with van der Waals surface area (Å²) in [5, 5.41) is 29.1. The molecule has 1 fully saturated rings. The summed E-state index contributed by atoms with van der Waals surface area (Å²) in [6, 6.07) is 0. The van der Waals surface area contributed by atoms with E-state index in [-0.39, 0.29) is 5.92 Å². The summed E-state index contributed by atoms with van der Waals surface area (Å²) in [5.74, 6) is -0.921. The molecular formula is C11H20O6. The molecule has 1 aliphatic heterocycles. The van der Waals surface area contributed by atoms with Crippen LogP contribution in [0.2, 0.25) is 0 Å². The first kappa shape index (κ1) is 14.4. The monoisotopic (exact) mass is 248 g/mol. The highest BCUT2D eigenvalue weighted by molar-refractivity contribution is 5.71. The Morgan fingerprint density at radius 1 is 1.29 bits per heavy atom. The maximum atomic E-state index is 11.5. The van der Waals surface area contributed by atoms with Crippen molar-refractivity contribution in [3.8, 4) is 0 Å². The molecule has 0 radical (unpaired) electrons. The lowest BCUT2D eigenvalue weighted by molar-refractivity contribution is -0.312. The van der Waals surface area contributed by atoms with Crippen LogP contribution in [-0.4, -0.2) is 51.5 Å². The van der Waals surface area contributed by atoms with Crippen molar-refractivity contribution in [3.05, 3.63) is 0 Å². The lowest BCUT2D eigenvalue weighted by Gasteiger charge is -2.44. The topological polar surface area (TPSA) is 96.2 Å². The number of carbonyl (C=O) groups excluding carboxylic acids is 1. The average Bonchev–Trinajstić information content (AvgIpc) is 2.20. The van der Waals surface area contributed by atoms with Crippen LogP contribution in [0.1, 0.15) is 27.7 Å². The molecule has 1 aliphatic rings. The van der Waals surface area contributed by atoms with Crippen molar-refractivity contribution in [2.75, 3.05) is 0 Å². The summed E-state index contributed by atoms with van der Waals surface area (Å²) in [6.07, 6.45) is -5.34. The Labute approximate surface area is 100 Å². The molecule has 0 bridgehead atoms. The van der Waals surface area contributed by atoms with Crippen LogP contribution in [0.25, 0.3) is 0 Å². The fraction of sp³-hybridized carbons (Fsp3) is 0.909. The average molecular weight is 248 g/mol. The molecule has 1 heterocycles. The molecule has 0 saturated carbocycles. The van der Waals surface area contributed by atoms with Gasteiger partial charge in [0.05, 0.1) is 11.5 Å². The first-order valence-electron chi connectivity index (χ1n) is 5.59. The van der Waals surface area contributed by atoms with Gasteiger partial charge in [0.2, 0.25) is 0 Å². The number of aliphatic hydroxyl groups excluding tert-OH is 3. The van der Waals surface area contributed by atoms with E-state index in [9.17, 15) is 20.1 Å². The van der Waals surface area contributed by atoms with Gasteiger partial charge in [0.1, 0.15) is 12.2 Å². The molecule has 3 N–H and O–H groups in total. The highest BCUT2D eigenvalue weighted by atomic mass is 16.7. The van der Waals surface area contributed by atoms with Crippen molar-refractivity contribution in [3.63, 3.8) is 0 Å². The van der Waals surface area contributed by atoms with E-state index in [0.717, 1.165) is 0 Å². The van der Waals surface area contributed by atoms with Crippen molar-refractivity contribution in [1.29, 1.82) is 0 Å². The first-order chi connectivity index (χ1) is 7.66. The fourth-order valence-corrected chi connectivity index (χ4v) is 1.60. The van der Waals surface area contributed by atoms with Crippen molar-refractivity contribution < 1.29 is 29.6 Å². The maximum Gasteiger partial charge on any atom is 0.308 e. The van der Waals surface area contributed by atoms with E-state index in [1.54, 1.807) is 27.7 Å². The largest absolute Gasteiger partial charge is 0.456 e. The van der Waals surface area contributed by atoms with Crippen LogP contribution in [-0.2, 0) is 14.3 Å². The molecule has 0 aliphatic carbocycles. The maximum absolute atomic E-state index is 11.5. The number of ether oxygens (including phenoxy) is 2. The molecule has 0 aromatic carbocycles. The van der Waals surface area contributed by atoms with Crippen LogP contribution in [0.3, 0.4) is 0 Å². The zero-order valence-electron chi connectivity index (χ0n) is 10.5. The van der Waals surface area contributed by atoms with Gasteiger partial charge in [-0.15, -0.1) is 0 Å². The van der Waals surface area contributed by atoms with Gasteiger partial charge < -0.3 is 24.8 Å². The first-order valence-corrected chi connectivity index (χ1v) is 5.59. The van der Waals surface area contributed by atoms with Crippen LogP contribution in [0.5, 0.6) is 0 Å². The Hall–Kier alpha value is -0.690. The van der Waals surface area contributed by atoms with Gasteiger partial charge in [0.15, 0.2) is 12.4 Å². The number of hydrogen-bond donors (Lipinski definition) is 3. The summed E-state index contributed by atoms with van der Waals surface area (Å²) in [7, 11) is 0. The summed E-state index contributed by atoms with van der Waals surface area (Å²) in [5.41, 5.74) is -1.10. The molecule has 6 nitrogen and oxygen atoms in total. The molecule has 4 atom stereocenters. The van der Waals surface area contributed by atoms with E-state index in [1.807, 2.05) is 0 Å². The summed E-state index contributed by atoms with van der Waals surface area (Å²) in [6.45, 7) is 6.37. The molecule has 6 heteroatoms. The second-order valence-electron chi connectivity index (χ2n) is 5.10. The third kappa shape index (κ3) is 2.95. The van der Waals surface area contributed by atoms with Gasteiger partial charge in [-0.2, -0.15) is 0 Å². The number of carbonyl (C=O) groups is 1. The summed E-state index contributed by atoms with van der Waals surface area (Å²) < 4.78 is 10.0. The smallest absolute Gasteiger partial charge is 0.308 e. The summed E-state index contributed by atoms with van der Waals surface area (Å²) >= 11 is 0. The third-order valence-electron chi connectivity index (χ3n) is 2.80. The van der Waals surface area contributed by atoms with Gasteiger partial charge >= 0.3 is 5.97 Å². The minimum atomic E-state index is -1.49. The van der Waals surface area contributed by atoms with Crippen molar-refractivity contribution in [2.24, 2.45) is 5.92 Å². The standard InChI is InChI=1S/C11H20O6/c1-5(2)9(14)16-7-6(12)10(15)17-11(3,4)8(7)13/h5-8,10,12-13,15H,1-4H3/t6-,7+,8-,10+/m0/s1. The van der Waals surface area contributed by atoms with Gasteiger partial charge in [-0.3, -0.25) is 4.79 Å². The second kappa shape index (κ2) is 4.89. The van der Waals surface area contributed by atoms with E-state index in [2.05, 4.69) is 0 Å². The van der Waals surface area contributed by atoms with Crippen LogP contribution in [0.15, 0.2) is 0 Å². The van der Waals surface area contributed by atoms with E-state index in [1.165, 1.54) is 0 Å². The van der Waals surface area contributed by atoms with Crippen molar-refractivity contribution in [2.45, 2.75) is 57.9 Å². The molecule has 1 rings (SSSR count). The highest BCUT2D eigenvalue weighted by Gasteiger charge is 2.50. The molecule has 1 saturated heterocycles. The van der Waals surface area contributed by atoms with Gasteiger partial charge in [0.25, 0.3) is 0 Å². The SMILES string of the molecule is CC(C)C(=O)O[C@@H]1[C@H](O)[C@H](O)OC(C)(C)[C@H]1O. The minimum absolute atomic E-state index is 0.377. The van der Waals surface area contributed by atoms with Gasteiger partial charge in [-0.1, -0.05) is 13.8 Å². The van der Waals surface area contributed by atoms with E-state index >= 15 is 0 Å². The predicted octanol–water partition coefficient (Wildman–Crippen LogP) is -0.597. The number of rotatable bonds is 2. The second-order valence-corrected chi connectivity index (χ2v) is 5.10. The van der Waals surface area contributed by atoms with E-state index < -0.39 is 36.2 Å². The van der Waals surface area contributed by atoms with Crippen LogP contribution in [0.4, 0.5) is 0 Å². The molecule has 0 spiro atoms. The Morgan fingerprint density at radius 3 is 2.29 bits per heavy atom. The number of aliphatic hydroxyl groups is 3. The Morgan fingerprint density at radius 2 is 1.82 bits per heavy atom. The van der Waals surface area contributed by atoms with Crippen molar-refractivity contribution >= 4 is 5.97 Å². The zero-order valence-corrected chi connectivity index (χ0v) is 10.5. The van der Waals surface area contributed by atoms with E-state index in [4.69, 9.17) is 9.47 Å². The van der Waals surface area contributed by atoms with Gasteiger partial charge in [-0.05, 0) is 13.8 Å². The minimum Gasteiger partial charge on any atom is -0.456 e. The van der Waals surface area contributed by atoms with Gasteiger partial charge in [-0.25, -0.2) is 0 Å². The number of hydrogen-bond acceptors (Lipinski definition) is 6. The van der Waals surface area contributed by atoms with Crippen LogP contribution < -0.4 is 0 Å². The van der Waals surface area contributed by atoms with Crippen LogP contribution in [0, 0.1) is 5.92 Å². The highest BCUT2D eigenvalue weighted by Crippen LogP contribution is 2.30. The van der Waals surface area contributed by atoms with Crippen LogP contribution >= 0.6 is 0 Å². The Bertz CT molecular complexity index is 288. The number of esters is 1. The van der Waals surface area contributed by atoms with Crippen molar-refractivity contribution in [1.82, 2.24) is 0 Å². The normalized spacial score (nSPS) is 36.9. The molecule has 100 valence electrons. The van der Waals surface area contributed by atoms with Gasteiger partial charge in [0, 0.05) is 0 Å². The van der Waals surface area contributed by atoms with E-state index in [0.29, 0.717) is 0 Å². The molecule has 17 heavy (non-hydrogen) atoms.